The molecule has 2 aliphatic carbocycles. The van der Waals surface area contributed by atoms with E-state index in [9.17, 15) is 0 Å². The summed E-state index contributed by atoms with van der Waals surface area (Å²) in [6, 6.07) is 7.32. The van der Waals surface area contributed by atoms with Gasteiger partial charge in [0.25, 0.3) is 0 Å². The first-order valence-electron chi connectivity index (χ1n) is 8.31. The predicted molar refractivity (Wildman–Crippen MR) is 83.4 cm³/mol. The maximum Gasteiger partial charge on any atom is 0.119 e. The molecule has 2 nitrogen and oxygen atoms in total. The van der Waals surface area contributed by atoms with E-state index in [1.165, 1.54) is 56.1 Å². The molecule has 0 aromatic heterocycles. The van der Waals surface area contributed by atoms with E-state index in [4.69, 9.17) is 4.74 Å². The zero-order valence-corrected chi connectivity index (χ0v) is 12.7. The van der Waals surface area contributed by atoms with Crippen LogP contribution >= 0.6 is 0 Å². The van der Waals surface area contributed by atoms with Gasteiger partial charge in [-0.3, -0.25) is 0 Å². The Balaban J connectivity index is 1.41. The molecule has 0 bridgehead atoms. The van der Waals surface area contributed by atoms with Crippen LogP contribution in [0.25, 0.3) is 0 Å². The summed E-state index contributed by atoms with van der Waals surface area (Å²) in [4.78, 5) is 0. The Morgan fingerprint density at radius 2 is 1.95 bits per heavy atom. The smallest absolute Gasteiger partial charge is 0.119 e. The van der Waals surface area contributed by atoms with E-state index >= 15 is 0 Å². The van der Waals surface area contributed by atoms with E-state index in [1.807, 2.05) is 0 Å². The van der Waals surface area contributed by atoms with Gasteiger partial charge < -0.3 is 10.1 Å². The van der Waals surface area contributed by atoms with Gasteiger partial charge in [0.15, 0.2) is 0 Å². The van der Waals surface area contributed by atoms with E-state index in [0.717, 1.165) is 24.8 Å². The lowest BCUT2D eigenvalue weighted by Gasteiger charge is -2.29. The standard InChI is InChI=1S/C18H27NO/c1-14-5-2-3-8-18(14)19-11-12-20-17-10-9-15-6-4-7-16(15)13-17/h9-10,13-14,18-19H,2-8,11-12H2,1H3. The quantitative estimate of drug-likeness (QED) is 0.826. The van der Waals surface area contributed by atoms with Gasteiger partial charge in [0.05, 0.1) is 0 Å². The van der Waals surface area contributed by atoms with Crippen LogP contribution in [-0.4, -0.2) is 19.2 Å². The number of ether oxygens (including phenoxy) is 1. The van der Waals surface area contributed by atoms with Crippen molar-refractivity contribution in [3.8, 4) is 5.75 Å². The number of aryl methyl sites for hydroxylation is 2. The Kier molecular flexibility index (Phi) is 4.62. The Labute approximate surface area is 122 Å². The minimum Gasteiger partial charge on any atom is -0.492 e. The third kappa shape index (κ3) is 3.35. The summed E-state index contributed by atoms with van der Waals surface area (Å²) in [5, 5.41) is 3.67. The lowest BCUT2D eigenvalue weighted by molar-refractivity contribution is 0.251. The highest BCUT2D eigenvalue weighted by molar-refractivity contribution is 5.38. The number of fused-ring (bicyclic) bond motifs is 1. The number of nitrogens with one attached hydrogen (secondary N) is 1. The molecule has 0 amide bonds. The van der Waals surface area contributed by atoms with Crippen LogP contribution < -0.4 is 10.1 Å². The minimum absolute atomic E-state index is 0.701. The molecule has 2 heteroatoms. The summed E-state index contributed by atoms with van der Waals surface area (Å²) in [6.07, 6.45) is 9.28. The van der Waals surface area contributed by atoms with Gasteiger partial charge in [-0.1, -0.05) is 25.8 Å². The molecule has 0 saturated heterocycles. The Hall–Kier alpha value is -1.02. The van der Waals surface area contributed by atoms with Crippen molar-refractivity contribution in [1.29, 1.82) is 0 Å². The van der Waals surface area contributed by atoms with Crippen LogP contribution in [0.5, 0.6) is 5.75 Å². The summed E-state index contributed by atoms with van der Waals surface area (Å²) in [7, 11) is 0. The molecule has 2 aliphatic rings. The molecular formula is C18H27NO. The topological polar surface area (TPSA) is 21.3 Å². The first-order chi connectivity index (χ1) is 9.83. The number of benzene rings is 1. The van der Waals surface area contributed by atoms with Gasteiger partial charge in [0.2, 0.25) is 0 Å². The summed E-state index contributed by atoms with van der Waals surface area (Å²) < 4.78 is 5.90. The minimum atomic E-state index is 0.701. The zero-order chi connectivity index (χ0) is 13.8. The second-order valence-corrected chi connectivity index (χ2v) is 6.45. The fourth-order valence-electron chi connectivity index (χ4n) is 3.67. The summed E-state index contributed by atoms with van der Waals surface area (Å²) in [5.41, 5.74) is 3.02. The zero-order valence-electron chi connectivity index (χ0n) is 12.7. The van der Waals surface area contributed by atoms with Crippen LogP contribution in [-0.2, 0) is 12.8 Å². The third-order valence-corrected chi connectivity index (χ3v) is 4.96. The van der Waals surface area contributed by atoms with Gasteiger partial charge in [-0.05, 0) is 61.3 Å². The van der Waals surface area contributed by atoms with Gasteiger partial charge in [-0.2, -0.15) is 0 Å². The first-order valence-corrected chi connectivity index (χ1v) is 8.31. The van der Waals surface area contributed by atoms with Crippen LogP contribution in [0.15, 0.2) is 18.2 Å². The molecule has 1 N–H and O–H groups in total. The molecule has 1 aromatic carbocycles. The van der Waals surface area contributed by atoms with E-state index in [0.29, 0.717) is 6.04 Å². The Morgan fingerprint density at radius 1 is 1.10 bits per heavy atom. The van der Waals surface area contributed by atoms with Crippen LogP contribution in [0.1, 0.15) is 50.2 Å². The second-order valence-electron chi connectivity index (χ2n) is 6.45. The summed E-state index contributed by atoms with van der Waals surface area (Å²) in [5.74, 6) is 1.87. The van der Waals surface area contributed by atoms with Crippen LogP contribution in [0.2, 0.25) is 0 Å². The number of rotatable bonds is 5. The molecular weight excluding hydrogens is 246 g/mol. The van der Waals surface area contributed by atoms with E-state index in [-0.39, 0.29) is 0 Å². The summed E-state index contributed by atoms with van der Waals surface area (Å²) in [6.45, 7) is 4.12. The SMILES string of the molecule is CC1CCCCC1NCCOc1ccc2c(c1)CCC2. The molecule has 0 heterocycles. The highest BCUT2D eigenvalue weighted by Crippen LogP contribution is 2.26. The molecule has 2 unspecified atom stereocenters. The van der Waals surface area contributed by atoms with E-state index in [2.05, 4.69) is 30.4 Å². The normalized spacial score (nSPS) is 25.4. The fourth-order valence-corrected chi connectivity index (χ4v) is 3.67. The van der Waals surface area contributed by atoms with Crippen molar-refractivity contribution < 1.29 is 4.74 Å². The molecule has 0 radical (unpaired) electrons. The van der Waals surface area contributed by atoms with Crippen molar-refractivity contribution in [3.05, 3.63) is 29.3 Å². The lowest BCUT2D eigenvalue weighted by Crippen LogP contribution is -2.39. The highest BCUT2D eigenvalue weighted by atomic mass is 16.5. The molecule has 1 fully saturated rings. The van der Waals surface area contributed by atoms with Crippen molar-refractivity contribution in [2.75, 3.05) is 13.2 Å². The van der Waals surface area contributed by atoms with Crippen LogP contribution in [0, 0.1) is 5.92 Å². The average molecular weight is 273 g/mol. The largest absolute Gasteiger partial charge is 0.492 e. The molecule has 1 aromatic rings. The molecule has 20 heavy (non-hydrogen) atoms. The molecule has 110 valence electrons. The van der Waals surface area contributed by atoms with Crippen LogP contribution in [0.3, 0.4) is 0 Å². The second kappa shape index (κ2) is 6.62. The molecule has 3 rings (SSSR count). The van der Waals surface area contributed by atoms with E-state index < -0.39 is 0 Å². The molecule has 2 atom stereocenters. The first kappa shape index (κ1) is 13.9. The van der Waals surface area contributed by atoms with Gasteiger partial charge in [0.1, 0.15) is 12.4 Å². The van der Waals surface area contributed by atoms with Gasteiger partial charge in [-0.15, -0.1) is 0 Å². The Bertz CT molecular complexity index is 443. The van der Waals surface area contributed by atoms with Crippen molar-refractivity contribution in [1.82, 2.24) is 5.32 Å². The lowest BCUT2D eigenvalue weighted by atomic mass is 9.86. The van der Waals surface area contributed by atoms with Gasteiger partial charge in [0, 0.05) is 12.6 Å². The average Bonchev–Trinajstić information content (AvgIpc) is 2.93. The third-order valence-electron chi connectivity index (χ3n) is 4.96. The fraction of sp³-hybridized carbons (Fsp3) is 0.667. The maximum absolute atomic E-state index is 5.90. The summed E-state index contributed by atoms with van der Waals surface area (Å²) >= 11 is 0. The van der Waals surface area contributed by atoms with Gasteiger partial charge in [-0.25, -0.2) is 0 Å². The highest BCUT2D eigenvalue weighted by Gasteiger charge is 2.20. The van der Waals surface area contributed by atoms with Crippen molar-refractivity contribution >= 4 is 0 Å². The predicted octanol–water partition coefficient (Wildman–Crippen LogP) is 3.72. The molecule has 1 saturated carbocycles. The monoisotopic (exact) mass is 273 g/mol. The number of hydrogen-bond donors (Lipinski definition) is 1. The Morgan fingerprint density at radius 3 is 2.85 bits per heavy atom. The van der Waals surface area contributed by atoms with E-state index in [1.54, 1.807) is 0 Å². The number of hydrogen-bond acceptors (Lipinski definition) is 2. The van der Waals surface area contributed by atoms with Crippen molar-refractivity contribution in [3.63, 3.8) is 0 Å². The molecule has 0 spiro atoms. The van der Waals surface area contributed by atoms with Crippen molar-refractivity contribution in [2.24, 2.45) is 5.92 Å². The van der Waals surface area contributed by atoms with Gasteiger partial charge >= 0.3 is 0 Å². The molecule has 0 aliphatic heterocycles. The maximum atomic E-state index is 5.90. The van der Waals surface area contributed by atoms with Crippen molar-refractivity contribution in [2.45, 2.75) is 57.9 Å². The van der Waals surface area contributed by atoms with Crippen LogP contribution in [0.4, 0.5) is 0 Å².